The molecule has 1 fully saturated rings. The maximum atomic E-state index is 11.7. The van der Waals surface area contributed by atoms with E-state index in [0.29, 0.717) is 16.8 Å². The molecule has 24 heavy (non-hydrogen) atoms. The van der Waals surface area contributed by atoms with Crippen molar-refractivity contribution in [3.63, 3.8) is 0 Å². The smallest absolute Gasteiger partial charge is 0.250 e. The van der Waals surface area contributed by atoms with Gasteiger partial charge in [0, 0.05) is 31.4 Å². The van der Waals surface area contributed by atoms with Crippen molar-refractivity contribution >= 4 is 12.2 Å². The zero-order chi connectivity index (χ0) is 17.3. The first kappa shape index (κ1) is 16.5. The number of likely N-dealkylation sites (tertiary alicyclic amines) is 1. The van der Waals surface area contributed by atoms with E-state index in [9.17, 15) is 9.59 Å². The van der Waals surface area contributed by atoms with E-state index in [2.05, 4.69) is 17.0 Å². The largest absolute Gasteiger partial charge is 0.366 e. The molecule has 2 heterocycles. The second-order valence-corrected chi connectivity index (χ2v) is 6.49. The van der Waals surface area contributed by atoms with Gasteiger partial charge in [0.15, 0.2) is 6.29 Å². The molecule has 0 radical (unpaired) electrons. The number of hydrogen-bond donors (Lipinski definition) is 1. The Kier molecular flexibility index (Phi) is 4.53. The van der Waals surface area contributed by atoms with Gasteiger partial charge in [-0.1, -0.05) is 30.3 Å². The highest BCUT2D eigenvalue weighted by Gasteiger charge is 2.30. The summed E-state index contributed by atoms with van der Waals surface area (Å²) in [5.74, 6) is -0.467. The minimum Gasteiger partial charge on any atom is -0.366 e. The lowest BCUT2D eigenvalue weighted by Gasteiger charge is -2.19. The molecule has 1 aromatic heterocycles. The minimum atomic E-state index is -0.467. The number of hydrogen-bond acceptors (Lipinski definition) is 3. The van der Waals surface area contributed by atoms with Crippen LogP contribution in [0.5, 0.6) is 0 Å². The van der Waals surface area contributed by atoms with Crippen LogP contribution >= 0.6 is 0 Å². The van der Waals surface area contributed by atoms with E-state index in [1.54, 1.807) is 6.92 Å². The number of nitrogens with zero attached hydrogens (tertiary/aromatic N) is 2. The molecule has 1 aromatic carbocycles. The van der Waals surface area contributed by atoms with Crippen LogP contribution in [0.2, 0.25) is 0 Å². The van der Waals surface area contributed by atoms with Gasteiger partial charge < -0.3 is 10.3 Å². The summed E-state index contributed by atoms with van der Waals surface area (Å²) in [7, 11) is 0. The Balaban J connectivity index is 1.84. The molecule has 1 aliphatic heterocycles. The maximum absolute atomic E-state index is 11.7. The molecular formula is C19H23N3O2. The van der Waals surface area contributed by atoms with Crippen LogP contribution in [0.4, 0.5) is 0 Å². The molecule has 0 spiro atoms. The first-order valence-electron chi connectivity index (χ1n) is 8.25. The second-order valence-electron chi connectivity index (χ2n) is 6.49. The summed E-state index contributed by atoms with van der Waals surface area (Å²) in [4.78, 5) is 25.7. The molecule has 3 rings (SSSR count). The fourth-order valence-corrected chi connectivity index (χ4v) is 3.87. The summed E-state index contributed by atoms with van der Waals surface area (Å²) in [6.07, 6.45) is 1.80. The summed E-state index contributed by atoms with van der Waals surface area (Å²) < 4.78 is 2.01. The summed E-state index contributed by atoms with van der Waals surface area (Å²) >= 11 is 0. The zero-order valence-corrected chi connectivity index (χ0v) is 14.2. The molecule has 5 nitrogen and oxygen atoms in total. The Morgan fingerprint density at radius 3 is 2.62 bits per heavy atom. The lowest BCUT2D eigenvalue weighted by atomic mass is 10.1. The van der Waals surface area contributed by atoms with E-state index < -0.39 is 5.91 Å². The third-order valence-electron chi connectivity index (χ3n) is 4.96. The van der Waals surface area contributed by atoms with Crippen LogP contribution in [0.1, 0.15) is 50.1 Å². The van der Waals surface area contributed by atoms with E-state index in [1.807, 2.05) is 29.7 Å². The van der Waals surface area contributed by atoms with Crippen molar-refractivity contribution in [3.8, 4) is 0 Å². The van der Waals surface area contributed by atoms with E-state index >= 15 is 0 Å². The van der Waals surface area contributed by atoms with Crippen molar-refractivity contribution in [2.75, 3.05) is 13.1 Å². The Hall–Kier alpha value is -2.40. The molecule has 1 aliphatic rings. The van der Waals surface area contributed by atoms with Crippen molar-refractivity contribution in [1.29, 1.82) is 0 Å². The number of amides is 1. The van der Waals surface area contributed by atoms with Crippen molar-refractivity contribution in [2.45, 2.75) is 32.9 Å². The SMILES string of the molecule is Cc1c(C(N)=O)c(C)n(C2CCN(Cc3ccccc3)C2)c1C=O. The van der Waals surface area contributed by atoms with Crippen LogP contribution in [0.3, 0.4) is 0 Å². The molecule has 2 aromatic rings. The van der Waals surface area contributed by atoms with Gasteiger partial charge in [-0.15, -0.1) is 0 Å². The third-order valence-corrected chi connectivity index (χ3v) is 4.96. The number of aldehydes is 1. The molecular weight excluding hydrogens is 302 g/mol. The van der Waals surface area contributed by atoms with Crippen LogP contribution < -0.4 is 5.73 Å². The second kappa shape index (κ2) is 6.61. The predicted octanol–water partition coefficient (Wildman–Crippen LogP) is 2.46. The lowest BCUT2D eigenvalue weighted by molar-refractivity contribution is 0.0998. The molecule has 0 bridgehead atoms. The van der Waals surface area contributed by atoms with Gasteiger partial charge in [0.25, 0.3) is 5.91 Å². The van der Waals surface area contributed by atoms with Crippen LogP contribution in [0.25, 0.3) is 0 Å². The molecule has 1 amide bonds. The number of primary amides is 1. The first-order chi connectivity index (χ1) is 11.5. The minimum absolute atomic E-state index is 0.195. The monoisotopic (exact) mass is 325 g/mol. The van der Waals surface area contributed by atoms with Crippen LogP contribution in [-0.2, 0) is 6.54 Å². The van der Waals surface area contributed by atoms with Crippen molar-refractivity contribution in [1.82, 2.24) is 9.47 Å². The highest BCUT2D eigenvalue weighted by Crippen LogP contribution is 2.30. The lowest BCUT2D eigenvalue weighted by Crippen LogP contribution is -2.22. The first-order valence-corrected chi connectivity index (χ1v) is 8.25. The molecule has 1 unspecified atom stereocenters. The Labute approximate surface area is 142 Å². The fraction of sp³-hybridized carbons (Fsp3) is 0.368. The number of carbonyl (C=O) groups excluding carboxylic acids is 2. The van der Waals surface area contributed by atoms with Gasteiger partial charge in [0.05, 0.1) is 11.3 Å². The quantitative estimate of drug-likeness (QED) is 0.859. The van der Waals surface area contributed by atoms with Crippen molar-refractivity contribution in [3.05, 3.63) is 58.4 Å². The summed E-state index contributed by atoms with van der Waals surface area (Å²) in [6, 6.07) is 10.6. The summed E-state index contributed by atoms with van der Waals surface area (Å²) in [5, 5.41) is 0. The van der Waals surface area contributed by atoms with Crippen LogP contribution in [0, 0.1) is 13.8 Å². The van der Waals surface area contributed by atoms with Crippen LogP contribution in [0.15, 0.2) is 30.3 Å². The highest BCUT2D eigenvalue weighted by atomic mass is 16.1. The van der Waals surface area contributed by atoms with Gasteiger partial charge in [-0.05, 0) is 31.4 Å². The Bertz CT molecular complexity index is 765. The van der Waals surface area contributed by atoms with Crippen LogP contribution in [-0.4, -0.2) is 34.7 Å². The molecule has 1 saturated heterocycles. The van der Waals surface area contributed by atoms with E-state index in [-0.39, 0.29) is 6.04 Å². The average molecular weight is 325 g/mol. The van der Waals surface area contributed by atoms with Gasteiger partial charge in [-0.3, -0.25) is 14.5 Å². The third kappa shape index (κ3) is 2.87. The highest BCUT2D eigenvalue weighted by molar-refractivity contribution is 5.98. The summed E-state index contributed by atoms with van der Waals surface area (Å²) in [6.45, 7) is 6.41. The molecule has 5 heteroatoms. The molecule has 126 valence electrons. The molecule has 0 aliphatic carbocycles. The van der Waals surface area contributed by atoms with Gasteiger partial charge in [-0.2, -0.15) is 0 Å². The number of carbonyl (C=O) groups is 2. The molecule has 2 N–H and O–H groups in total. The van der Waals surface area contributed by atoms with E-state index in [4.69, 9.17) is 5.73 Å². The topological polar surface area (TPSA) is 68.3 Å². The van der Waals surface area contributed by atoms with E-state index in [1.165, 1.54) is 5.56 Å². The predicted molar refractivity (Wildman–Crippen MR) is 93.2 cm³/mol. The van der Waals surface area contributed by atoms with Gasteiger partial charge >= 0.3 is 0 Å². The number of benzene rings is 1. The normalized spacial score (nSPS) is 18.0. The fourth-order valence-electron chi connectivity index (χ4n) is 3.87. The Morgan fingerprint density at radius 2 is 2.00 bits per heavy atom. The molecule has 0 saturated carbocycles. The average Bonchev–Trinajstić information content (AvgIpc) is 3.10. The van der Waals surface area contributed by atoms with Gasteiger partial charge in [-0.25, -0.2) is 0 Å². The zero-order valence-electron chi connectivity index (χ0n) is 14.2. The number of nitrogens with two attached hydrogens (primary N) is 1. The Morgan fingerprint density at radius 1 is 1.29 bits per heavy atom. The number of rotatable bonds is 5. The van der Waals surface area contributed by atoms with E-state index in [0.717, 1.165) is 38.0 Å². The van der Waals surface area contributed by atoms with Crippen molar-refractivity contribution < 1.29 is 9.59 Å². The van der Waals surface area contributed by atoms with Crippen molar-refractivity contribution in [2.24, 2.45) is 5.73 Å². The maximum Gasteiger partial charge on any atom is 0.250 e. The van der Waals surface area contributed by atoms with Gasteiger partial charge in [0.2, 0.25) is 0 Å². The standard InChI is InChI=1S/C19H23N3O2/c1-13-17(12-23)22(14(2)18(13)19(20)24)16-8-9-21(11-16)10-15-6-4-3-5-7-15/h3-7,12,16H,8-11H2,1-2H3,(H2,20,24). The molecule has 1 atom stereocenters. The summed E-state index contributed by atoms with van der Waals surface area (Å²) in [5.41, 5.74) is 9.34. The van der Waals surface area contributed by atoms with Gasteiger partial charge in [0.1, 0.15) is 0 Å². The number of aromatic nitrogens is 1.